The summed E-state index contributed by atoms with van der Waals surface area (Å²) in [6.45, 7) is 3.30. The molecule has 0 bridgehead atoms. The van der Waals surface area contributed by atoms with Crippen molar-refractivity contribution in [3.63, 3.8) is 0 Å². The van der Waals surface area contributed by atoms with Crippen molar-refractivity contribution in [3.8, 4) is 0 Å². The number of benzene rings is 2. The highest BCUT2D eigenvalue weighted by Gasteiger charge is 2.52. The smallest absolute Gasteiger partial charge is 0.303 e. The fraction of sp³-hybridized carbons (Fsp3) is 0.308. The summed E-state index contributed by atoms with van der Waals surface area (Å²) in [7, 11) is 0. The van der Waals surface area contributed by atoms with Crippen molar-refractivity contribution in [2.45, 2.75) is 45.3 Å². The SMILES string of the molecule is CC(=O)OC[C@@H]1O[C@H](n2nc(N3C(=O)c4ccccc4C3=O)c3ccccc32)[C@@H](OC(C)=O)[C@H]1OC(C)=O. The lowest BCUT2D eigenvalue weighted by molar-refractivity contribution is -0.166. The average Bonchev–Trinajstić information content (AvgIpc) is 3.48. The van der Waals surface area contributed by atoms with Crippen molar-refractivity contribution in [2.75, 3.05) is 11.5 Å². The highest BCUT2D eigenvalue weighted by molar-refractivity contribution is 6.35. The van der Waals surface area contributed by atoms with Crippen LogP contribution in [0.5, 0.6) is 0 Å². The normalized spacial score (nSPS) is 22.4. The minimum atomic E-state index is -1.18. The third kappa shape index (κ3) is 4.28. The lowest BCUT2D eigenvalue weighted by Gasteiger charge is -2.23. The van der Waals surface area contributed by atoms with Crippen LogP contribution in [-0.2, 0) is 33.3 Å². The molecule has 0 radical (unpaired) electrons. The van der Waals surface area contributed by atoms with Gasteiger partial charge in [0.2, 0.25) is 0 Å². The third-order valence-corrected chi connectivity index (χ3v) is 6.18. The number of para-hydroxylation sites is 1. The molecule has 4 atom stereocenters. The Morgan fingerprint density at radius 1 is 0.842 bits per heavy atom. The first-order valence-electron chi connectivity index (χ1n) is 11.8. The summed E-state index contributed by atoms with van der Waals surface area (Å²) in [5.41, 5.74) is 0.959. The van der Waals surface area contributed by atoms with E-state index in [1.807, 2.05) is 0 Å². The number of amides is 2. The lowest BCUT2D eigenvalue weighted by Crippen LogP contribution is -2.40. The second-order valence-corrected chi connectivity index (χ2v) is 8.79. The summed E-state index contributed by atoms with van der Waals surface area (Å²) >= 11 is 0. The van der Waals surface area contributed by atoms with E-state index in [1.54, 1.807) is 48.5 Å². The van der Waals surface area contributed by atoms with Gasteiger partial charge in [-0.1, -0.05) is 24.3 Å². The average molecular weight is 521 g/mol. The van der Waals surface area contributed by atoms with Gasteiger partial charge in [-0.05, 0) is 24.3 Å². The van der Waals surface area contributed by atoms with Crippen LogP contribution in [0, 0.1) is 0 Å². The van der Waals surface area contributed by atoms with Crippen molar-refractivity contribution in [2.24, 2.45) is 0 Å². The fourth-order valence-electron chi connectivity index (χ4n) is 4.70. The van der Waals surface area contributed by atoms with Crippen molar-refractivity contribution in [1.82, 2.24) is 9.78 Å². The lowest BCUT2D eigenvalue weighted by atomic mass is 10.1. The number of fused-ring (bicyclic) bond motifs is 2. The first-order valence-corrected chi connectivity index (χ1v) is 11.8. The molecule has 1 saturated heterocycles. The maximum atomic E-state index is 13.2. The van der Waals surface area contributed by atoms with Gasteiger partial charge in [0.15, 0.2) is 24.3 Å². The first-order chi connectivity index (χ1) is 18.2. The molecular weight excluding hydrogens is 498 g/mol. The summed E-state index contributed by atoms with van der Waals surface area (Å²) in [5.74, 6) is -2.93. The first kappa shape index (κ1) is 25.1. The minimum absolute atomic E-state index is 0.0597. The number of hydrogen-bond donors (Lipinski definition) is 0. The molecular formula is C26H23N3O9. The number of hydrogen-bond acceptors (Lipinski definition) is 10. The van der Waals surface area contributed by atoms with Gasteiger partial charge in [-0.2, -0.15) is 5.10 Å². The van der Waals surface area contributed by atoms with E-state index in [9.17, 15) is 24.0 Å². The van der Waals surface area contributed by atoms with Crippen LogP contribution < -0.4 is 4.90 Å². The molecule has 2 aliphatic rings. The molecule has 0 saturated carbocycles. The zero-order valence-electron chi connectivity index (χ0n) is 20.7. The van der Waals surface area contributed by atoms with E-state index in [0.717, 1.165) is 4.90 Å². The van der Waals surface area contributed by atoms with Gasteiger partial charge in [0.05, 0.1) is 16.6 Å². The number of carbonyl (C=O) groups is 5. The minimum Gasteiger partial charge on any atom is -0.463 e. The molecule has 0 unspecified atom stereocenters. The van der Waals surface area contributed by atoms with Gasteiger partial charge in [0.25, 0.3) is 11.8 Å². The van der Waals surface area contributed by atoms with E-state index in [1.165, 1.54) is 25.5 Å². The molecule has 1 fully saturated rings. The van der Waals surface area contributed by atoms with Gasteiger partial charge in [-0.3, -0.25) is 24.0 Å². The Morgan fingerprint density at radius 2 is 1.42 bits per heavy atom. The van der Waals surface area contributed by atoms with Crippen LogP contribution in [-0.4, -0.2) is 64.4 Å². The molecule has 0 aliphatic carbocycles. The van der Waals surface area contributed by atoms with Gasteiger partial charge in [-0.25, -0.2) is 9.58 Å². The molecule has 196 valence electrons. The molecule has 2 amide bonds. The van der Waals surface area contributed by atoms with E-state index in [-0.39, 0.29) is 23.6 Å². The van der Waals surface area contributed by atoms with Crippen LogP contribution >= 0.6 is 0 Å². The van der Waals surface area contributed by atoms with Crippen LogP contribution in [0.2, 0.25) is 0 Å². The summed E-state index contributed by atoms with van der Waals surface area (Å²) in [6.07, 6.45) is -4.47. The number of nitrogens with zero attached hydrogens (tertiary/aromatic N) is 3. The van der Waals surface area contributed by atoms with Gasteiger partial charge in [0.1, 0.15) is 12.7 Å². The van der Waals surface area contributed by atoms with E-state index in [4.69, 9.17) is 18.9 Å². The quantitative estimate of drug-likeness (QED) is 0.269. The van der Waals surface area contributed by atoms with E-state index in [2.05, 4.69) is 5.10 Å². The van der Waals surface area contributed by atoms with E-state index in [0.29, 0.717) is 10.9 Å². The maximum absolute atomic E-state index is 13.2. The standard InChI is InChI=1S/C26H23N3O9/c1-13(30)35-12-20-21(36-14(2)31)22(37-15(3)32)26(38-20)29-19-11-7-6-10-18(19)23(27-29)28-24(33)16-8-4-5-9-17(16)25(28)34/h4-11,20-22,26H,12H2,1-3H3/t20-,21-,22-,26-/m0/s1. The molecule has 0 N–H and O–H groups in total. The van der Waals surface area contributed by atoms with Crippen molar-refractivity contribution in [1.29, 1.82) is 0 Å². The van der Waals surface area contributed by atoms with Crippen LogP contribution in [0.15, 0.2) is 48.5 Å². The zero-order valence-corrected chi connectivity index (χ0v) is 20.7. The number of imide groups is 1. The maximum Gasteiger partial charge on any atom is 0.303 e. The number of carbonyl (C=O) groups excluding carboxylic acids is 5. The molecule has 1 aromatic heterocycles. The third-order valence-electron chi connectivity index (χ3n) is 6.18. The Hall–Kier alpha value is -4.58. The molecule has 3 aromatic rings. The molecule has 38 heavy (non-hydrogen) atoms. The molecule has 0 spiro atoms. The van der Waals surface area contributed by atoms with Crippen LogP contribution in [0.4, 0.5) is 5.82 Å². The largest absolute Gasteiger partial charge is 0.463 e. The Bertz CT molecular complexity index is 1440. The van der Waals surface area contributed by atoms with E-state index >= 15 is 0 Å². The number of esters is 3. The van der Waals surface area contributed by atoms with Gasteiger partial charge in [-0.15, -0.1) is 0 Å². The Kier molecular flexibility index (Phi) is 6.41. The summed E-state index contributed by atoms with van der Waals surface area (Å²) < 4.78 is 23.5. The van der Waals surface area contributed by atoms with Crippen molar-refractivity contribution >= 4 is 46.4 Å². The number of anilines is 1. The van der Waals surface area contributed by atoms with Gasteiger partial charge in [0, 0.05) is 26.2 Å². The topological polar surface area (TPSA) is 143 Å². The van der Waals surface area contributed by atoms with Crippen LogP contribution in [0.3, 0.4) is 0 Å². The summed E-state index contributed by atoms with van der Waals surface area (Å²) in [5, 5.41) is 5.03. The highest BCUT2D eigenvalue weighted by Crippen LogP contribution is 2.39. The van der Waals surface area contributed by atoms with Gasteiger partial charge < -0.3 is 18.9 Å². The van der Waals surface area contributed by atoms with Crippen LogP contribution in [0.1, 0.15) is 47.7 Å². The Morgan fingerprint density at radius 3 is 2.03 bits per heavy atom. The van der Waals surface area contributed by atoms with Crippen molar-refractivity contribution < 1.29 is 42.9 Å². The number of ether oxygens (including phenoxy) is 4. The molecule has 2 aliphatic heterocycles. The Labute approximate surface area is 216 Å². The summed E-state index contributed by atoms with van der Waals surface area (Å²) in [4.78, 5) is 62.8. The van der Waals surface area contributed by atoms with Crippen molar-refractivity contribution in [3.05, 3.63) is 59.7 Å². The van der Waals surface area contributed by atoms with Gasteiger partial charge >= 0.3 is 17.9 Å². The molecule has 5 rings (SSSR count). The monoisotopic (exact) mass is 521 g/mol. The van der Waals surface area contributed by atoms with E-state index < -0.39 is 54.3 Å². The molecule has 2 aromatic carbocycles. The Balaban J connectivity index is 1.61. The summed E-state index contributed by atoms with van der Waals surface area (Å²) in [6, 6.07) is 13.3. The van der Waals surface area contributed by atoms with Crippen LogP contribution in [0.25, 0.3) is 10.9 Å². The molecule has 3 heterocycles. The fourth-order valence-corrected chi connectivity index (χ4v) is 4.70. The molecule has 12 nitrogen and oxygen atoms in total. The second kappa shape index (κ2) is 9.71. The predicted molar refractivity (Wildman–Crippen MR) is 129 cm³/mol. The number of rotatable bonds is 6. The highest BCUT2D eigenvalue weighted by atomic mass is 16.7. The molecule has 12 heteroatoms. The zero-order chi connectivity index (χ0) is 27.1. The number of aromatic nitrogens is 2. The second-order valence-electron chi connectivity index (χ2n) is 8.79. The predicted octanol–water partition coefficient (Wildman–Crippen LogP) is 2.16.